The lowest BCUT2D eigenvalue weighted by Gasteiger charge is -2.06. The highest BCUT2D eigenvalue weighted by atomic mass is 19.1. The van der Waals surface area contributed by atoms with Crippen molar-refractivity contribution in [2.75, 3.05) is 6.61 Å². The number of Topliss-reactive ketones (excluding diaryl/α,β-unsaturated/α-hetero) is 1. The van der Waals surface area contributed by atoms with Gasteiger partial charge in [0.15, 0.2) is 6.61 Å². The van der Waals surface area contributed by atoms with Gasteiger partial charge < -0.3 is 15.0 Å². The van der Waals surface area contributed by atoms with Gasteiger partial charge in [0.25, 0.3) is 5.91 Å². The number of nitrogens with two attached hydrogens (primary N) is 1. The van der Waals surface area contributed by atoms with E-state index in [4.69, 9.17) is 10.5 Å². The Kier molecular flexibility index (Phi) is 3.84. The van der Waals surface area contributed by atoms with Gasteiger partial charge in [-0.2, -0.15) is 0 Å². The zero-order valence-corrected chi connectivity index (χ0v) is 10.8. The van der Waals surface area contributed by atoms with Crippen molar-refractivity contribution in [3.8, 4) is 5.75 Å². The number of hydrogen-bond donors (Lipinski definition) is 1. The zero-order valence-electron chi connectivity index (χ0n) is 10.8. The van der Waals surface area contributed by atoms with E-state index in [1.807, 2.05) is 0 Å². The molecule has 1 aromatic heterocycles. The highest BCUT2D eigenvalue weighted by Crippen LogP contribution is 2.16. The molecule has 0 spiro atoms. The van der Waals surface area contributed by atoms with Crippen molar-refractivity contribution in [3.63, 3.8) is 0 Å². The molecule has 1 heterocycles. The third kappa shape index (κ3) is 3.03. The molecule has 2 rings (SSSR count). The minimum absolute atomic E-state index is 0.164. The van der Waals surface area contributed by atoms with Gasteiger partial charge >= 0.3 is 0 Å². The van der Waals surface area contributed by atoms with Crippen molar-refractivity contribution < 1.29 is 18.7 Å². The van der Waals surface area contributed by atoms with Crippen molar-refractivity contribution in [1.82, 2.24) is 4.57 Å². The molecule has 0 aliphatic heterocycles. The molecule has 104 valence electrons. The lowest BCUT2D eigenvalue weighted by atomic mass is 10.2. The van der Waals surface area contributed by atoms with Gasteiger partial charge in [-0.1, -0.05) is 0 Å². The van der Waals surface area contributed by atoms with Gasteiger partial charge in [-0.05, 0) is 18.2 Å². The maximum Gasteiger partial charge on any atom is 0.251 e. The maximum atomic E-state index is 13.5. The van der Waals surface area contributed by atoms with Crippen molar-refractivity contribution in [2.45, 2.75) is 0 Å². The van der Waals surface area contributed by atoms with Crippen LogP contribution in [-0.2, 0) is 7.05 Å². The van der Waals surface area contributed by atoms with Crippen LogP contribution in [0.4, 0.5) is 4.39 Å². The molecule has 6 heteroatoms. The van der Waals surface area contributed by atoms with E-state index in [1.54, 1.807) is 30.1 Å². The monoisotopic (exact) mass is 276 g/mol. The largest absolute Gasteiger partial charge is 0.485 e. The molecular formula is C14H13FN2O3. The molecule has 2 N–H and O–H groups in total. The lowest BCUT2D eigenvalue weighted by molar-refractivity contribution is 0.0919. The summed E-state index contributed by atoms with van der Waals surface area (Å²) in [6.07, 6.45) is 3.41. The molecular weight excluding hydrogens is 263 g/mol. The third-order valence-corrected chi connectivity index (χ3v) is 2.73. The number of aromatic nitrogens is 1. The molecule has 0 atom stereocenters. The Labute approximate surface area is 114 Å². The second-order valence-corrected chi connectivity index (χ2v) is 4.28. The number of ketones is 1. The summed E-state index contributed by atoms with van der Waals surface area (Å²) in [5.74, 6) is -1.68. The number of amides is 1. The summed E-state index contributed by atoms with van der Waals surface area (Å²) in [5.41, 5.74) is 5.29. The first-order chi connectivity index (χ1) is 9.47. The number of benzene rings is 1. The fourth-order valence-electron chi connectivity index (χ4n) is 1.69. The number of hydrogen-bond acceptors (Lipinski definition) is 3. The third-order valence-electron chi connectivity index (χ3n) is 2.73. The number of nitrogens with zero attached hydrogens (tertiary/aromatic N) is 1. The van der Waals surface area contributed by atoms with Crippen LogP contribution in [0.2, 0.25) is 0 Å². The predicted octanol–water partition coefficient (Wildman–Crippen LogP) is 1.52. The van der Waals surface area contributed by atoms with Gasteiger partial charge in [0.1, 0.15) is 11.6 Å². The Bertz CT molecular complexity index is 664. The molecule has 5 nitrogen and oxygen atoms in total. The first-order valence-electron chi connectivity index (χ1n) is 5.84. The van der Waals surface area contributed by atoms with Crippen molar-refractivity contribution in [2.24, 2.45) is 12.8 Å². The first kappa shape index (κ1) is 13.8. The van der Waals surface area contributed by atoms with Gasteiger partial charge in [0.05, 0.1) is 5.56 Å². The van der Waals surface area contributed by atoms with Crippen LogP contribution in [0.5, 0.6) is 5.75 Å². The van der Waals surface area contributed by atoms with Gasteiger partial charge in [0, 0.05) is 31.1 Å². The normalized spacial score (nSPS) is 10.3. The quantitative estimate of drug-likeness (QED) is 0.841. The van der Waals surface area contributed by atoms with E-state index in [-0.39, 0.29) is 23.7 Å². The minimum Gasteiger partial charge on any atom is -0.485 e. The van der Waals surface area contributed by atoms with E-state index in [9.17, 15) is 14.0 Å². The Balaban J connectivity index is 2.02. The molecule has 0 aliphatic carbocycles. The summed E-state index contributed by atoms with van der Waals surface area (Å²) in [6.45, 7) is -0.209. The number of aryl methyl sites for hydroxylation is 1. The van der Waals surface area contributed by atoms with Crippen LogP contribution < -0.4 is 10.5 Å². The van der Waals surface area contributed by atoms with Gasteiger partial charge in [-0.25, -0.2) is 4.39 Å². The SMILES string of the molecule is Cn1ccc(C(=O)COc2ccc(C(N)=O)c(F)c2)c1. The van der Waals surface area contributed by atoms with Gasteiger partial charge in [-0.15, -0.1) is 0 Å². The topological polar surface area (TPSA) is 74.3 Å². The molecule has 0 bridgehead atoms. The maximum absolute atomic E-state index is 13.5. The average Bonchev–Trinajstić information content (AvgIpc) is 2.82. The Hall–Kier alpha value is -2.63. The number of carbonyl (C=O) groups excluding carboxylic acids is 2. The minimum atomic E-state index is -0.852. The van der Waals surface area contributed by atoms with Crippen LogP contribution >= 0.6 is 0 Å². The average molecular weight is 276 g/mol. The van der Waals surface area contributed by atoms with E-state index in [2.05, 4.69) is 0 Å². The molecule has 20 heavy (non-hydrogen) atoms. The van der Waals surface area contributed by atoms with E-state index in [0.717, 1.165) is 6.07 Å². The molecule has 1 amide bonds. The van der Waals surface area contributed by atoms with Crippen molar-refractivity contribution in [3.05, 3.63) is 53.6 Å². The number of carbonyl (C=O) groups is 2. The number of halogens is 1. The molecule has 0 aliphatic rings. The van der Waals surface area contributed by atoms with Crippen molar-refractivity contribution >= 4 is 11.7 Å². The van der Waals surface area contributed by atoms with E-state index in [1.165, 1.54) is 12.1 Å². The fraction of sp³-hybridized carbons (Fsp3) is 0.143. The summed E-state index contributed by atoms with van der Waals surface area (Å²) in [7, 11) is 1.80. The second kappa shape index (κ2) is 5.56. The Morgan fingerprint density at radius 2 is 2.10 bits per heavy atom. The standard InChI is InChI=1S/C14H13FN2O3/c1-17-5-4-9(7-17)13(18)8-20-10-2-3-11(14(16)19)12(15)6-10/h2-7H,8H2,1H3,(H2,16,19). The van der Waals surface area contributed by atoms with Crippen molar-refractivity contribution in [1.29, 1.82) is 0 Å². The summed E-state index contributed by atoms with van der Waals surface area (Å²) in [5, 5.41) is 0. The Morgan fingerprint density at radius 1 is 1.35 bits per heavy atom. The fourth-order valence-corrected chi connectivity index (χ4v) is 1.69. The highest BCUT2D eigenvalue weighted by molar-refractivity contribution is 5.97. The number of rotatable bonds is 5. The lowest BCUT2D eigenvalue weighted by Crippen LogP contribution is -2.14. The number of primary amides is 1. The molecule has 0 saturated carbocycles. The predicted molar refractivity (Wildman–Crippen MR) is 70.2 cm³/mol. The molecule has 0 unspecified atom stereocenters. The van der Waals surface area contributed by atoms with Gasteiger partial charge in [-0.3, -0.25) is 9.59 Å². The van der Waals surface area contributed by atoms with Crippen LogP contribution in [0.1, 0.15) is 20.7 Å². The van der Waals surface area contributed by atoms with Crippen LogP contribution in [0, 0.1) is 5.82 Å². The second-order valence-electron chi connectivity index (χ2n) is 4.28. The zero-order chi connectivity index (χ0) is 14.7. The smallest absolute Gasteiger partial charge is 0.251 e. The van der Waals surface area contributed by atoms with E-state index < -0.39 is 11.7 Å². The summed E-state index contributed by atoms with van der Waals surface area (Å²) in [4.78, 5) is 22.7. The highest BCUT2D eigenvalue weighted by Gasteiger charge is 2.11. The van der Waals surface area contributed by atoms with Crippen LogP contribution in [0.25, 0.3) is 0 Å². The van der Waals surface area contributed by atoms with E-state index >= 15 is 0 Å². The Morgan fingerprint density at radius 3 is 2.65 bits per heavy atom. The van der Waals surface area contributed by atoms with Gasteiger partial charge in [0.2, 0.25) is 5.78 Å². The molecule has 0 radical (unpaired) electrons. The number of ether oxygens (including phenoxy) is 1. The van der Waals surface area contributed by atoms with Crippen LogP contribution in [0.3, 0.4) is 0 Å². The van der Waals surface area contributed by atoms with E-state index in [0.29, 0.717) is 5.56 Å². The summed E-state index contributed by atoms with van der Waals surface area (Å²) in [6, 6.07) is 5.31. The first-order valence-corrected chi connectivity index (χ1v) is 5.84. The molecule has 2 aromatic rings. The van der Waals surface area contributed by atoms with Crippen LogP contribution in [0.15, 0.2) is 36.7 Å². The summed E-state index contributed by atoms with van der Waals surface area (Å²) < 4.78 is 20.4. The molecule has 1 aromatic carbocycles. The van der Waals surface area contributed by atoms with Crippen LogP contribution in [-0.4, -0.2) is 22.9 Å². The summed E-state index contributed by atoms with van der Waals surface area (Å²) >= 11 is 0. The molecule has 0 fully saturated rings. The molecule has 0 saturated heterocycles.